The van der Waals surface area contributed by atoms with E-state index in [1.54, 1.807) is 24.3 Å². The molecule has 0 atom stereocenters. The molecule has 0 radical (unpaired) electrons. The summed E-state index contributed by atoms with van der Waals surface area (Å²) in [7, 11) is -5.89. The molecule has 1 aromatic rings. The molecule has 0 aromatic heterocycles. The third-order valence-corrected chi connectivity index (χ3v) is 9.62. The van der Waals surface area contributed by atoms with Crippen LogP contribution in [0.3, 0.4) is 0 Å². The average Bonchev–Trinajstić information content (AvgIpc) is 2.55. The van der Waals surface area contributed by atoms with E-state index >= 15 is 0 Å². The summed E-state index contributed by atoms with van der Waals surface area (Å²) >= 11 is 0. The summed E-state index contributed by atoms with van der Waals surface area (Å²) in [5.41, 5.74) is 0.984. The van der Waals surface area contributed by atoms with Gasteiger partial charge >= 0.3 is 10.1 Å². The van der Waals surface area contributed by atoms with Gasteiger partial charge in [-0.2, -0.15) is 8.42 Å². The first-order valence-corrected chi connectivity index (χ1v) is 12.2. The van der Waals surface area contributed by atoms with E-state index < -0.39 is 20.4 Å². The predicted octanol–water partition coefficient (Wildman–Crippen LogP) is 3.60. The first-order valence-electron chi connectivity index (χ1n) is 8.75. The van der Waals surface area contributed by atoms with Gasteiger partial charge in [0.15, 0.2) is 0 Å². The fourth-order valence-corrected chi connectivity index (χ4v) is 7.84. The van der Waals surface area contributed by atoms with Gasteiger partial charge in [0.1, 0.15) is 5.78 Å². The third kappa shape index (κ3) is 6.09. The van der Waals surface area contributed by atoms with Crippen molar-refractivity contribution in [2.45, 2.75) is 44.4 Å². The van der Waals surface area contributed by atoms with Gasteiger partial charge in [-0.3, -0.25) is 4.79 Å². The second kappa shape index (κ2) is 9.16. The summed E-state index contributed by atoms with van der Waals surface area (Å²) in [6.45, 7) is 4.88. The molecule has 0 bridgehead atoms. The number of carbonyl (C=O) groups excluding carboxylic acids is 1. The van der Waals surface area contributed by atoms with Crippen LogP contribution < -0.4 is 0 Å². The number of unbranched alkanes of at least 4 members (excludes halogenated alkanes) is 2. The van der Waals surface area contributed by atoms with E-state index in [4.69, 9.17) is 8.37 Å². The van der Waals surface area contributed by atoms with Crippen molar-refractivity contribution < 1.29 is 21.6 Å². The van der Waals surface area contributed by atoms with Crippen LogP contribution in [0.4, 0.5) is 0 Å². The highest BCUT2D eigenvalue weighted by molar-refractivity contribution is 8.33. The fourth-order valence-electron chi connectivity index (χ4n) is 2.73. The van der Waals surface area contributed by atoms with E-state index in [0.29, 0.717) is 31.1 Å². The Labute approximate surface area is 152 Å². The molecule has 25 heavy (non-hydrogen) atoms. The van der Waals surface area contributed by atoms with Crippen LogP contribution >= 0.6 is 10.3 Å². The minimum atomic E-state index is -3.88. The van der Waals surface area contributed by atoms with E-state index in [9.17, 15) is 13.2 Å². The number of carbonyl (C=O) groups is 1. The quantitative estimate of drug-likeness (QED) is 0.605. The van der Waals surface area contributed by atoms with Crippen LogP contribution in [-0.4, -0.2) is 44.7 Å². The van der Waals surface area contributed by atoms with Crippen molar-refractivity contribution in [2.75, 3.05) is 30.5 Å². The molecule has 0 N–H and O–H groups in total. The summed E-state index contributed by atoms with van der Waals surface area (Å²) in [6, 6.07) is 6.61. The molecule has 1 aliphatic rings. The Bertz CT molecular complexity index is 661. The van der Waals surface area contributed by atoms with Gasteiger partial charge in [-0.1, -0.05) is 37.5 Å². The van der Waals surface area contributed by atoms with Gasteiger partial charge in [0, 0.05) is 17.9 Å². The molecule has 1 aliphatic heterocycles. The Morgan fingerprint density at radius 2 is 1.80 bits per heavy atom. The molecule has 0 saturated carbocycles. The first-order chi connectivity index (χ1) is 11.9. The molecule has 1 aromatic carbocycles. The minimum absolute atomic E-state index is 0.101. The van der Waals surface area contributed by atoms with E-state index in [1.165, 1.54) is 0 Å². The third-order valence-electron chi connectivity index (χ3n) is 4.23. The molecule has 0 amide bonds. The molecule has 1 heterocycles. The lowest BCUT2D eigenvalue weighted by Gasteiger charge is -2.40. The zero-order valence-corrected chi connectivity index (χ0v) is 16.7. The predicted molar refractivity (Wildman–Crippen MR) is 102 cm³/mol. The van der Waals surface area contributed by atoms with E-state index in [0.717, 1.165) is 24.8 Å². The minimum Gasteiger partial charge on any atom is -0.380 e. The first kappa shape index (κ1) is 20.4. The Kier molecular flexibility index (Phi) is 7.49. The van der Waals surface area contributed by atoms with E-state index in [2.05, 4.69) is 6.92 Å². The number of hydrogen-bond donors (Lipinski definition) is 0. The Hall–Kier alpha value is -0.890. The summed E-state index contributed by atoms with van der Waals surface area (Å²) in [5.74, 6) is 1.31. The van der Waals surface area contributed by atoms with Crippen molar-refractivity contribution in [1.29, 1.82) is 0 Å². The molecule has 2 rings (SSSR count). The van der Waals surface area contributed by atoms with Crippen LogP contribution in [0.2, 0.25) is 0 Å². The van der Waals surface area contributed by atoms with Crippen molar-refractivity contribution in [3.05, 3.63) is 29.8 Å². The topological polar surface area (TPSA) is 69.7 Å². The second-order valence-corrected chi connectivity index (χ2v) is 11.4. The lowest BCUT2D eigenvalue weighted by Crippen LogP contribution is -2.32. The standard InChI is InChI=1S/C18H28O5S2/c1-3-4-5-6-17(19)15-24(13-11-22-12-14-24)23-25(20,21)18-9-7-16(2)8-10-18/h7-10H,3-6,11-15H2,1-2H3. The van der Waals surface area contributed by atoms with Crippen molar-refractivity contribution in [1.82, 2.24) is 0 Å². The molecule has 0 unspecified atom stereocenters. The van der Waals surface area contributed by atoms with Gasteiger partial charge in [-0.15, -0.1) is 10.3 Å². The van der Waals surface area contributed by atoms with Crippen molar-refractivity contribution >= 4 is 26.2 Å². The number of rotatable bonds is 9. The number of ketones is 1. The van der Waals surface area contributed by atoms with Gasteiger partial charge < -0.3 is 4.74 Å². The maximum absolute atomic E-state index is 12.7. The van der Waals surface area contributed by atoms with Gasteiger partial charge in [0.25, 0.3) is 0 Å². The van der Waals surface area contributed by atoms with Gasteiger partial charge in [0.05, 0.1) is 23.9 Å². The monoisotopic (exact) mass is 388 g/mol. The number of aryl methyl sites for hydroxylation is 1. The number of hydrogen-bond acceptors (Lipinski definition) is 5. The largest absolute Gasteiger partial charge is 0.380 e. The number of ether oxygens (including phenoxy) is 1. The molecule has 142 valence electrons. The normalized spacial score (nSPS) is 18.6. The smallest absolute Gasteiger partial charge is 0.306 e. The van der Waals surface area contributed by atoms with Crippen LogP contribution in [-0.2, 0) is 23.3 Å². The maximum atomic E-state index is 12.7. The molecule has 0 spiro atoms. The SMILES string of the molecule is CCCCCC(=O)CS1(OS(=O)(=O)c2ccc(C)cc2)CCOCC1. The average molecular weight is 389 g/mol. The Balaban J connectivity index is 2.13. The van der Waals surface area contributed by atoms with Gasteiger partial charge in [0.2, 0.25) is 0 Å². The zero-order valence-electron chi connectivity index (χ0n) is 15.0. The maximum Gasteiger partial charge on any atom is 0.306 e. The second-order valence-electron chi connectivity index (χ2n) is 6.46. The van der Waals surface area contributed by atoms with Crippen LogP contribution in [0.25, 0.3) is 0 Å². The molecule has 0 aliphatic carbocycles. The molecule has 1 saturated heterocycles. The highest BCUT2D eigenvalue weighted by Crippen LogP contribution is 2.52. The Morgan fingerprint density at radius 1 is 1.16 bits per heavy atom. The lowest BCUT2D eigenvalue weighted by molar-refractivity contribution is -0.116. The molecular formula is C18H28O5S2. The van der Waals surface area contributed by atoms with E-state index in [-0.39, 0.29) is 16.4 Å². The van der Waals surface area contributed by atoms with Crippen molar-refractivity contribution in [3.63, 3.8) is 0 Å². The molecule has 1 fully saturated rings. The molecule has 5 nitrogen and oxygen atoms in total. The summed E-state index contributed by atoms with van der Waals surface area (Å²) in [6.07, 6.45) is 3.42. The number of benzene rings is 1. The highest BCUT2D eigenvalue weighted by Gasteiger charge is 2.36. The molecular weight excluding hydrogens is 360 g/mol. The lowest BCUT2D eigenvalue weighted by atomic mass is 10.2. The zero-order chi connectivity index (χ0) is 18.3. The van der Waals surface area contributed by atoms with E-state index in [1.807, 2.05) is 6.92 Å². The van der Waals surface area contributed by atoms with Crippen LogP contribution in [0, 0.1) is 6.92 Å². The van der Waals surface area contributed by atoms with Crippen LogP contribution in [0.1, 0.15) is 38.2 Å². The highest BCUT2D eigenvalue weighted by atomic mass is 32.3. The van der Waals surface area contributed by atoms with Crippen molar-refractivity contribution in [2.24, 2.45) is 0 Å². The van der Waals surface area contributed by atoms with Crippen LogP contribution in [0.15, 0.2) is 29.2 Å². The van der Waals surface area contributed by atoms with Crippen LogP contribution in [0.5, 0.6) is 0 Å². The molecule has 7 heteroatoms. The summed E-state index contributed by atoms with van der Waals surface area (Å²) < 4.78 is 36.5. The summed E-state index contributed by atoms with van der Waals surface area (Å²) in [4.78, 5) is 12.5. The van der Waals surface area contributed by atoms with Gasteiger partial charge in [-0.25, -0.2) is 3.63 Å². The number of Topliss-reactive ketones (excluding diaryl/α,β-unsaturated/α-hetero) is 1. The fraction of sp³-hybridized carbons (Fsp3) is 0.611. The summed E-state index contributed by atoms with van der Waals surface area (Å²) in [5, 5.41) is 0. The van der Waals surface area contributed by atoms with Crippen molar-refractivity contribution in [3.8, 4) is 0 Å². The Morgan fingerprint density at radius 3 is 2.40 bits per heavy atom. The van der Waals surface area contributed by atoms with Gasteiger partial charge in [-0.05, 0) is 25.5 Å².